The summed E-state index contributed by atoms with van der Waals surface area (Å²) in [5, 5.41) is 0. The third kappa shape index (κ3) is 4.17. The Morgan fingerprint density at radius 2 is 2.00 bits per heavy atom. The van der Waals surface area contributed by atoms with E-state index in [1.54, 1.807) is 13.8 Å². The van der Waals surface area contributed by atoms with Gasteiger partial charge in [-0.1, -0.05) is 13.0 Å². The first kappa shape index (κ1) is 17.4. The van der Waals surface area contributed by atoms with Gasteiger partial charge in [-0.25, -0.2) is 4.39 Å². The van der Waals surface area contributed by atoms with Crippen molar-refractivity contribution in [2.45, 2.75) is 20.0 Å². The summed E-state index contributed by atoms with van der Waals surface area (Å²) in [6, 6.07) is 2.70. The first-order chi connectivity index (χ1) is 9.72. The van der Waals surface area contributed by atoms with Crippen LogP contribution in [0.4, 0.5) is 17.6 Å². The quantitative estimate of drug-likeness (QED) is 0.850. The second-order valence-electron chi connectivity index (χ2n) is 4.85. The summed E-state index contributed by atoms with van der Waals surface area (Å²) in [6.07, 6.45) is -4.83. The van der Waals surface area contributed by atoms with Crippen molar-refractivity contribution in [2.24, 2.45) is 11.7 Å². The molecule has 0 fully saturated rings. The van der Waals surface area contributed by atoms with E-state index in [1.165, 1.54) is 4.90 Å². The molecule has 0 aliphatic rings. The van der Waals surface area contributed by atoms with Crippen LogP contribution in [-0.4, -0.2) is 30.4 Å². The molecule has 3 nitrogen and oxygen atoms in total. The van der Waals surface area contributed by atoms with Gasteiger partial charge in [0.25, 0.3) is 5.91 Å². The van der Waals surface area contributed by atoms with E-state index in [-0.39, 0.29) is 19.0 Å². The van der Waals surface area contributed by atoms with E-state index in [1.807, 2.05) is 0 Å². The van der Waals surface area contributed by atoms with Crippen molar-refractivity contribution in [2.75, 3.05) is 19.6 Å². The van der Waals surface area contributed by atoms with E-state index < -0.39 is 29.0 Å². The fourth-order valence-corrected chi connectivity index (χ4v) is 1.89. The molecule has 118 valence electrons. The fourth-order valence-electron chi connectivity index (χ4n) is 1.89. The molecule has 1 aromatic rings. The van der Waals surface area contributed by atoms with Gasteiger partial charge in [0.15, 0.2) is 0 Å². The molecule has 0 bridgehead atoms. The van der Waals surface area contributed by atoms with Crippen LogP contribution in [0.25, 0.3) is 0 Å². The van der Waals surface area contributed by atoms with Crippen molar-refractivity contribution in [3.8, 4) is 0 Å². The van der Waals surface area contributed by atoms with Crippen LogP contribution >= 0.6 is 0 Å². The zero-order valence-electron chi connectivity index (χ0n) is 11.9. The van der Waals surface area contributed by atoms with Gasteiger partial charge in [-0.2, -0.15) is 13.2 Å². The van der Waals surface area contributed by atoms with E-state index >= 15 is 0 Å². The molecule has 0 saturated carbocycles. The first-order valence-electron chi connectivity index (χ1n) is 6.57. The first-order valence-corrected chi connectivity index (χ1v) is 6.57. The van der Waals surface area contributed by atoms with Crippen LogP contribution < -0.4 is 5.73 Å². The molecule has 0 spiro atoms. The summed E-state index contributed by atoms with van der Waals surface area (Å²) >= 11 is 0. The Morgan fingerprint density at radius 3 is 2.48 bits per heavy atom. The summed E-state index contributed by atoms with van der Waals surface area (Å²) in [5.74, 6) is -2.32. The van der Waals surface area contributed by atoms with Gasteiger partial charge in [0.1, 0.15) is 5.82 Å². The van der Waals surface area contributed by atoms with Crippen molar-refractivity contribution >= 4 is 5.91 Å². The Labute approximate surface area is 120 Å². The lowest BCUT2D eigenvalue weighted by atomic mass is 10.1. The molecule has 0 aliphatic heterocycles. The average Bonchev–Trinajstić information content (AvgIpc) is 2.42. The number of amides is 1. The maximum atomic E-state index is 13.9. The van der Waals surface area contributed by atoms with E-state index in [0.717, 1.165) is 12.1 Å². The van der Waals surface area contributed by atoms with Gasteiger partial charge in [0.2, 0.25) is 0 Å². The largest absolute Gasteiger partial charge is 0.419 e. The zero-order chi connectivity index (χ0) is 16.2. The summed E-state index contributed by atoms with van der Waals surface area (Å²) in [7, 11) is 0. The highest BCUT2D eigenvalue weighted by Crippen LogP contribution is 2.32. The van der Waals surface area contributed by atoms with Crippen molar-refractivity contribution < 1.29 is 22.4 Å². The van der Waals surface area contributed by atoms with E-state index in [4.69, 9.17) is 5.73 Å². The highest BCUT2D eigenvalue weighted by molar-refractivity contribution is 5.94. The van der Waals surface area contributed by atoms with E-state index in [2.05, 4.69) is 0 Å². The van der Waals surface area contributed by atoms with Crippen LogP contribution in [0.3, 0.4) is 0 Å². The summed E-state index contributed by atoms with van der Waals surface area (Å²) < 4.78 is 51.9. The molecule has 21 heavy (non-hydrogen) atoms. The Bertz CT molecular complexity index is 502. The Kier molecular flexibility index (Phi) is 5.71. The molecule has 0 heterocycles. The molecular weight excluding hydrogens is 288 g/mol. The fraction of sp³-hybridized carbons (Fsp3) is 0.500. The van der Waals surface area contributed by atoms with Crippen LogP contribution in [0.15, 0.2) is 18.2 Å². The molecule has 1 unspecified atom stereocenters. The maximum Gasteiger partial charge on any atom is 0.419 e. The molecule has 0 saturated heterocycles. The molecule has 1 aromatic carbocycles. The highest BCUT2D eigenvalue weighted by atomic mass is 19.4. The maximum absolute atomic E-state index is 13.9. The van der Waals surface area contributed by atoms with Crippen molar-refractivity contribution in [1.29, 1.82) is 0 Å². The number of alkyl halides is 3. The second-order valence-corrected chi connectivity index (χ2v) is 4.85. The van der Waals surface area contributed by atoms with Crippen molar-refractivity contribution in [3.63, 3.8) is 0 Å². The minimum atomic E-state index is -4.83. The molecule has 1 rings (SSSR count). The predicted octanol–water partition coefficient (Wildman–Crippen LogP) is 2.90. The van der Waals surface area contributed by atoms with Gasteiger partial charge in [0, 0.05) is 13.1 Å². The minimum Gasteiger partial charge on any atom is -0.339 e. The van der Waals surface area contributed by atoms with Crippen LogP contribution in [0.2, 0.25) is 0 Å². The summed E-state index contributed by atoms with van der Waals surface area (Å²) in [4.78, 5) is 13.5. The third-order valence-electron chi connectivity index (χ3n) is 3.14. The SMILES string of the molecule is CCN(CC(C)CN)C(=O)c1cccc(C(F)(F)F)c1F. The Hall–Kier alpha value is -1.63. The smallest absolute Gasteiger partial charge is 0.339 e. The standard InChI is InChI=1S/C14H18F4N2O/c1-3-20(8-9(2)7-19)13(21)10-5-4-6-11(12(10)15)14(16,17)18/h4-6,9H,3,7-8,19H2,1-2H3. The number of carbonyl (C=O) groups is 1. The number of nitrogens with two attached hydrogens (primary N) is 1. The monoisotopic (exact) mass is 306 g/mol. The number of nitrogens with zero attached hydrogens (tertiary/aromatic N) is 1. The minimum absolute atomic E-state index is 0.0252. The molecule has 0 aromatic heterocycles. The molecule has 0 aliphatic carbocycles. The van der Waals surface area contributed by atoms with Crippen LogP contribution in [-0.2, 0) is 6.18 Å². The number of benzene rings is 1. The van der Waals surface area contributed by atoms with Gasteiger partial charge in [-0.15, -0.1) is 0 Å². The van der Waals surface area contributed by atoms with Gasteiger partial charge < -0.3 is 10.6 Å². The van der Waals surface area contributed by atoms with Crippen LogP contribution in [0.5, 0.6) is 0 Å². The topological polar surface area (TPSA) is 46.3 Å². The lowest BCUT2D eigenvalue weighted by Gasteiger charge is -2.24. The Morgan fingerprint density at radius 1 is 1.38 bits per heavy atom. The highest BCUT2D eigenvalue weighted by Gasteiger charge is 2.36. The molecule has 7 heteroatoms. The van der Waals surface area contributed by atoms with Crippen LogP contribution in [0.1, 0.15) is 29.8 Å². The predicted molar refractivity (Wildman–Crippen MR) is 71.2 cm³/mol. The number of hydrogen-bond donors (Lipinski definition) is 1. The summed E-state index contributed by atoms with van der Waals surface area (Å²) in [5.41, 5.74) is 3.46. The normalized spacial score (nSPS) is 13.1. The summed E-state index contributed by atoms with van der Waals surface area (Å²) in [6.45, 7) is 4.33. The lowest BCUT2D eigenvalue weighted by Crippen LogP contribution is -2.37. The number of halogens is 4. The number of rotatable bonds is 5. The number of hydrogen-bond acceptors (Lipinski definition) is 2. The van der Waals surface area contributed by atoms with Crippen LogP contribution in [0, 0.1) is 11.7 Å². The molecule has 1 amide bonds. The van der Waals surface area contributed by atoms with Gasteiger partial charge in [0.05, 0.1) is 11.1 Å². The number of carbonyl (C=O) groups excluding carboxylic acids is 1. The molecule has 1 atom stereocenters. The van der Waals surface area contributed by atoms with Gasteiger partial charge in [-0.3, -0.25) is 4.79 Å². The second kappa shape index (κ2) is 6.89. The molecular formula is C14H18F4N2O. The molecule has 2 N–H and O–H groups in total. The average molecular weight is 306 g/mol. The zero-order valence-corrected chi connectivity index (χ0v) is 11.9. The van der Waals surface area contributed by atoms with E-state index in [9.17, 15) is 22.4 Å². The van der Waals surface area contributed by atoms with E-state index in [0.29, 0.717) is 12.6 Å². The van der Waals surface area contributed by atoms with Crippen molar-refractivity contribution in [3.05, 3.63) is 35.1 Å². The molecule has 0 radical (unpaired) electrons. The van der Waals surface area contributed by atoms with Gasteiger partial charge in [-0.05, 0) is 31.5 Å². The van der Waals surface area contributed by atoms with Gasteiger partial charge >= 0.3 is 6.18 Å². The third-order valence-corrected chi connectivity index (χ3v) is 3.14. The van der Waals surface area contributed by atoms with Crippen molar-refractivity contribution in [1.82, 2.24) is 4.90 Å². The Balaban J connectivity index is 3.12. The lowest BCUT2D eigenvalue weighted by molar-refractivity contribution is -0.140.